The summed E-state index contributed by atoms with van der Waals surface area (Å²) in [7, 11) is 0. The number of thiazole rings is 1. The minimum atomic E-state index is -4.30. The van der Waals surface area contributed by atoms with Gasteiger partial charge in [-0.15, -0.1) is 11.3 Å². The fourth-order valence-corrected chi connectivity index (χ4v) is 4.39. The number of alkyl halides is 3. The van der Waals surface area contributed by atoms with Crippen molar-refractivity contribution in [3.8, 4) is 0 Å². The molecule has 0 aliphatic carbocycles. The second-order valence-corrected chi connectivity index (χ2v) is 7.75. The van der Waals surface area contributed by atoms with Gasteiger partial charge in [0.2, 0.25) is 0 Å². The van der Waals surface area contributed by atoms with Crippen LogP contribution in [0.4, 0.5) is 18.3 Å². The summed E-state index contributed by atoms with van der Waals surface area (Å²) in [6, 6.07) is 4.34. The molecule has 8 heteroatoms. The lowest BCUT2D eigenvalue weighted by Gasteiger charge is -2.34. The van der Waals surface area contributed by atoms with E-state index in [2.05, 4.69) is 28.9 Å². The number of rotatable bonds is 4. The van der Waals surface area contributed by atoms with Crippen LogP contribution in [0.5, 0.6) is 0 Å². The first-order valence-corrected chi connectivity index (χ1v) is 9.17. The molecule has 0 amide bonds. The largest absolute Gasteiger partial charge is 0.427 e. The summed E-state index contributed by atoms with van der Waals surface area (Å²) in [5, 5.41) is 0.473. The first kappa shape index (κ1) is 16.7. The predicted octanol–water partition coefficient (Wildman–Crippen LogP) is 4.11. The number of anilines is 1. The number of halogens is 3. The Bertz CT molecular complexity index is 642. The number of thiophene rings is 1. The molecule has 23 heavy (non-hydrogen) atoms. The lowest BCUT2D eigenvalue weighted by atomic mass is 10.3. The monoisotopic (exact) mass is 361 g/mol. The normalized spacial score (nSPS) is 17.0. The van der Waals surface area contributed by atoms with E-state index >= 15 is 0 Å². The van der Waals surface area contributed by atoms with Gasteiger partial charge in [0, 0.05) is 42.5 Å². The molecule has 1 saturated heterocycles. The van der Waals surface area contributed by atoms with Crippen LogP contribution in [0.15, 0.2) is 18.3 Å². The lowest BCUT2D eigenvalue weighted by Crippen LogP contribution is -2.45. The van der Waals surface area contributed by atoms with Gasteiger partial charge in [-0.05, 0) is 18.6 Å². The minimum absolute atomic E-state index is 0.473. The maximum absolute atomic E-state index is 12.6. The second kappa shape index (κ2) is 6.78. The average molecular weight is 361 g/mol. The molecule has 2 aromatic rings. The van der Waals surface area contributed by atoms with Gasteiger partial charge in [-0.25, -0.2) is 4.98 Å². The van der Waals surface area contributed by atoms with Crippen molar-refractivity contribution in [3.63, 3.8) is 0 Å². The van der Waals surface area contributed by atoms with Crippen molar-refractivity contribution >= 4 is 27.8 Å². The van der Waals surface area contributed by atoms with E-state index in [0.29, 0.717) is 5.13 Å². The topological polar surface area (TPSA) is 19.4 Å². The SMILES string of the molecule is CCc1ccc(CN2CCN(c3ncc(C(F)(F)F)s3)CC2)s1. The molecule has 126 valence electrons. The van der Waals surface area contributed by atoms with Gasteiger partial charge in [0.15, 0.2) is 5.13 Å². The van der Waals surface area contributed by atoms with Crippen LogP contribution in [-0.4, -0.2) is 36.1 Å². The Morgan fingerprint density at radius 2 is 1.78 bits per heavy atom. The predicted molar refractivity (Wildman–Crippen MR) is 88.3 cm³/mol. The standard InChI is InChI=1S/C15H18F3N3S2/c1-2-11-3-4-12(22-11)10-20-5-7-21(8-6-20)14-19-9-13(23-14)15(16,17)18/h3-4,9H,2,5-8,10H2,1H3. The highest BCUT2D eigenvalue weighted by molar-refractivity contribution is 7.15. The highest BCUT2D eigenvalue weighted by Gasteiger charge is 2.34. The maximum Gasteiger partial charge on any atom is 0.427 e. The number of aryl methyl sites for hydroxylation is 1. The van der Waals surface area contributed by atoms with Crippen LogP contribution in [-0.2, 0) is 19.1 Å². The van der Waals surface area contributed by atoms with Crippen LogP contribution in [0.2, 0.25) is 0 Å². The Hall–Kier alpha value is -1.12. The molecule has 0 saturated carbocycles. The number of hydrogen-bond acceptors (Lipinski definition) is 5. The third-order valence-corrected chi connectivity index (χ3v) is 6.18. The third-order valence-electron chi connectivity index (χ3n) is 3.86. The molecule has 1 aliphatic rings. The van der Waals surface area contributed by atoms with Crippen molar-refractivity contribution in [2.75, 3.05) is 31.1 Å². The van der Waals surface area contributed by atoms with Crippen LogP contribution in [0.3, 0.4) is 0 Å². The van der Waals surface area contributed by atoms with Crippen molar-refractivity contribution in [3.05, 3.63) is 33.0 Å². The first-order chi connectivity index (χ1) is 11.0. The fourth-order valence-electron chi connectivity index (χ4n) is 2.56. The molecule has 1 aliphatic heterocycles. The zero-order valence-corrected chi connectivity index (χ0v) is 14.4. The van der Waals surface area contributed by atoms with Crippen molar-refractivity contribution < 1.29 is 13.2 Å². The van der Waals surface area contributed by atoms with Crippen molar-refractivity contribution in [2.24, 2.45) is 0 Å². The van der Waals surface area contributed by atoms with Crippen LogP contribution < -0.4 is 4.90 Å². The summed E-state index contributed by atoms with van der Waals surface area (Å²) in [5.74, 6) is 0. The molecule has 3 nitrogen and oxygen atoms in total. The number of piperazine rings is 1. The maximum atomic E-state index is 12.6. The Balaban J connectivity index is 1.55. The summed E-state index contributed by atoms with van der Waals surface area (Å²) in [4.78, 5) is 10.3. The quantitative estimate of drug-likeness (QED) is 0.817. The summed E-state index contributed by atoms with van der Waals surface area (Å²) in [5.41, 5.74) is 0. The molecule has 3 rings (SSSR count). The van der Waals surface area contributed by atoms with Crippen molar-refractivity contribution in [2.45, 2.75) is 26.1 Å². The Kier molecular flexibility index (Phi) is 4.93. The van der Waals surface area contributed by atoms with Gasteiger partial charge in [-0.2, -0.15) is 13.2 Å². The Morgan fingerprint density at radius 3 is 2.35 bits per heavy atom. The van der Waals surface area contributed by atoms with Crippen molar-refractivity contribution in [1.29, 1.82) is 0 Å². The minimum Gasteiger partial charge on any atom is -0.346 e. The van der Waals surface area contributed by atoms with E-state index in [1.807, 2.05) is 16.2 Å². The molecule has 0 bridgehead atoms. The highest BCUT2D eigenvalue weighted by Crippen LogP contribution is 2.36. The van der Waals surface area contributed by atoms with E-state index in [9.17, 15) is 13.2 Å². The summed E-state index contributed by atoms with van der Waals surface area (Å²) < 4.78 is 37.9. The van der Waals surface area contributed by atoms with Gasteiger partial charge in [0.1, 0.15) is 4.88 Å². The van der Waals surface area contributed by atoms with E-state index < -0.39 is 11.1 Å². The van der Waals surface area contributed by atoms with Gasteiger partial charge in [0.25, 0.3) is 0 Å². The highest BCUT2D eigenvalue weighted by atomic mass is 32.1. The van der Waals surface area contributed by atoms with Crippen molar-refractivity contribution in [1.82, 2.24) is 9.88 Å². The molecule has 0 N–H and O–H groups in total. The molecule has 0 unspecified atom stereocenters. The van der Waals surface area contributed by atoms with E-state index in [1.165, 1.54) is 9.75 Å². The molecular weight excluding hydrogens is 343 g/mol. The van der Waals surface area contributed by atoms with Crippen LogP contribution in [0, 0.1) is 0 Å². The zero-order chi connectivity index (χ0) is 16.4. The zero-order valence-electron chi connectivity index (χ0n) is 12.8. The van der Waals surface area contributed by atoms with Gasteiger partial charge in [-0.3, -0.25) is 4.90 Å². The summed E-state index contributed by atoms with van der Waals surface area (Å²) in [6.45, 7) is 6.20. The summed E-state index contributed by atoms with van der Waals surface area (Å²) in [6.07, 6.45) is -2.30. The molecule has 0 spiro atoms. The van der Waals surface area contributed by atoms with Crippen LogP contribution in [0.1, 0.15) is 21.6 Å². The van der Waals surface area contributed by atoms with Crippen LogP contribution in [0.25, 0.3) is 0 Å². The molecule has 1 fully saturated rings. The molecule has 0 atom stereocenters. The first-order valence-electron chi connectivity index (χ1n) is 7.53. The average Bonchev–Trinajstić information content (AvgIpc) is 3.16. The molecule has 0 aromatic carbocycles. The third kappa shape index (κ3) is 4.05. The lowest BCUT2D eigenvalue weighted by molar-refractivity contribution is -0.134. The van der Waals surface area contributed by atoms with Gasteiger partial charge in [0.05, 0.1) is 6.20 Å². The molecule has 0 radical (unpaired) electrons. The number of aromatic nitrogens is 1. The van der Waals surface area contributed by atoms with Gasteiger partial charge >= 0.3 is 6.18 Å². The number of nitrogens with zero attached hydrogens (tertiary/aromatic N) is 3. The Morgan fingerprint density at radius 1 is 1.09 bits per heavy atom. The van der Waals surface area contributed by atoms with E-state index in [1.54, 1.807) is 0 Å². The van der Waals surface area contributed by atoms with Gasteiger partial charge < -0.3 is 4.90 Å². The van der Waals surface area contributed by atoms with E-state index in [0.717, 1.165) is 56.7 Å². The van der Waals surface area contributed by atoms with Crippen LogP contribution >= 0.6 is 22.7 Å². The van der Waals surface area contributed by atoms with Gasteiger partial charge in [-0.1, -0.05) is 18.3 Å². The molecule has 2 aromatic heterocycles. The number of hydrogen-bond donors (Lipinski definition) is 0. The Labute approximate surface area is 141 Å². The van der Waals surface area contributed by atoms with E-state index in [-0.39, 0.29) is 0 Å². The molecular formula is C15H18F3N3S2. The smallest absolute Gasteiger partial charge is 0.346 e. The molecule has 3 heterocycles. The fraction of sp³-hybridized carbons (Fsp3) is 0.533. The summed E-state index contributed by atoms with van der Waals surface area (Å²) >= 11 is 2.57. The second-order valence-electron chi connectivity index (χ2n) is 5.49. The van der Waals surface area contributed by atoms with E-state index in [4.69, 9.17) is 0 Å².